The molecule has 0 radical (unpaired) electrons. The summed E-state index contributed by atoms with van der Waals surface area (Å²) in [7, 11) is 0. The van der Waals surface area contributed by atoms with Gasteiger partial charge in [0.1, 0.15) is 0 Å². The molecule has 1 heterocycles. The first-order valence-electron chi connectivity index (χ1n) is 5.74. The van der Waals surface area contributed by atoms with Crippen LogP contribution < -0.4 is 15.2 Å². The van der Waals surface area contributed by atoms with Crippen LogP contribution in [0.3, 0.4) is 0 Å². The first-order chi connectivity index (χ1) is 8.76. The first-order valence-corrected chi connectivity index (χ1v) is 5.74. The topological polar surface area (TPSA) is 83.4 Å². The van der Waals surface area contributed by atoms with Crippen LogP contribution in [0.25, 0.3) is 11.3 Å². The Morgan fingerprint density at radius 2 is 1.83 bits per heavy atom. The molecule has 0 unspecified atom stereocenters. The molecule has 0 aliphatic rings. The number of hydrogen-bond donors (Lipinski definition) is 1. The van der Waals surface area contributed by atoms with E-state index in [-0.39, 0.29) is 5.82 Å². The molecule has 0 aliphatic carbocycles. The molecule has 0 atom stereocenters. The number of aromatic nitrogens is 2. The van der Waals surface area contributed by atoms with Gasteiger partial charge in [-0.25, -0.2) is 4.63 Å². The maximum Gasteiger partial charge on any atom is 0.196 e. The van der Waals surface area contributed by atoms with E-state index in [1.54, 1.807) is 0 Å². The summed E-state index contributed by atoms with van der Waals surface area (Å²) in [6.07, 6.45) is 0. The van der Waals surface area contributed by atoms with Gasteiger partial charge in [0.15, 0.2) is 23.0 Å². The fourth-order valence-corrected chi connectivity index (χ4v) is 1.59. The number of nitrogen functional groups attached to an aromatic ring is 1. The van der Waals surface area contributed by atoms with Gasteiger partial charge in [-0.2, -0.15) is 0 Å². The Labute approximate surface area is 105 Å². The van der Waals surface area contributed by atoms with Gasteiger partial charge in [0.05, 0.1) is 13.2 Å². The van der Waals surface area contributed by atoms with E-state index in [4.69, 9.17) is 15.2 Å². The van der Waals surface area contributed by atoms with Crippen LogP contribution in [-0.2, 0) is 0 Å². The molecule has 1 aromatic heterocycles. The second kappa shape index (κ2) is 5.39. The van der Waals surface area contributed by atoms with Gasteiger partial charge in [-0.05, 0) is 42.4 Å². The molecule has 0 saturated carbocycles. The van der Waals surface area contributed by atoms with Gasteiger partial charge in [-0.15, -0.1) is 0 Å². The van der Waals surface area contributed by atoms with E-state index < -0.39 is 0 Å². The van der Waals surface area contributed by atoms with Gasteiger partial charge in [-0.1, -0.05) is 0 Å². The molecule has 6 nitrogen and oxygen atoms in total. The average molecular weight is 249 g/mol. The van der Waals surface area contributed by atoms with Gasteiger partial charge in [0.2, 0.25) is 0 Å². The molecule has 96 valence electrons. The lowest BCUT2D eigenvalue weighted by Crippen LogP contribution is -1.99. The van der Waals surface area contributed by atoms with Crippen molar-refractivity contribution in [3.8, 4) is 22.8 Å². The third kappa shape index (κ3) is 2.37. The van der Waals surface area contributed by atoms with Crippen molar-refractivity contribution in [3.63, 3.8) is 0 Å². The van der Waals surface area contributed by atoms with Crippen molar-refractivity contribution in [2.45, 2.75) is 13.8 Å². The van der Waals surface area contributed by atoms with Crippen LogP contribution >= 0.6 is 0 Å². The molecule has 0 aliphatic heterocycles. The molecular weight excluding hydrogens is 234 g/mol. The van der Waals surface area contributed by atoms with Crippen molar-refractivity contribution in [3.05, 3.63) is 18.2 Å². The molecule has 0 amide bonds. The van der Waals surface area contributed by atoms with Gasteiger partial charge in [0.25, 0.3) is 0 Å². The number of anilines is 1. The summed E-state index contributed by atoms with van der Waals surface area (Å²) >= 11 is 0. The fraction of sp³-hybridized carbons (Fsp3) is 0.333. The average Bonchev–Trinajstić information content (AvgIpc) is 2.78. The van der Waals surface area contributed by atoms with Crippen LogP contribution in [0.2, 0.25) is 0 Å². The third-order valence-electron chi connectivity index (χ3n) is 2.33. The highest BCUT2D eigenvalue weighted by molar-refractivity contribution is 5.71. The fourth-order valence-electron chi connectivity index (χ4n) is 1.59. The smallest absolute Gasteiger partial charge is 0.196 e. The molecule has 0 bridgehead atoms. The van der Waals surface area contributed by atoms with Crippen LogP contribution in [0, 0.1) is 0 Å². The van der Waals surface area contributed by atoms with Crippen molar-refractivity contribution in [1.29, 1.82) is 0 Å². The van der Waals surface area contributed by atoms with Crippen LogP contribution in [0.4, 0.5) is 5.82 Å². The third-order valence-corrected chi connectivity index (χ3v) is 2.33. The van der Waals surface area contributed by atoms with Crippen molar-refractivity contribution in [2.24, 2.45) is 0 Å². The minimum atomic E-state index is 0.251. The van der Waals surface area contributed by atoms with Gasteiger partial charge >= 0.3 is 0 Å². The highest BCUT2D eigenvalue weighted by Crippen LogP contribution is 2.33. The lowest BCUT2D eigenvalue weighted by atomic mass is 10.1. The van der Waals surface area contributed by atoms with E-state index >= 15 is 0 Å². The Kier molecular flexibility index (Phi) is 3.66. The van der Waals surface area contributed by atoms with E-state index in [2.05, 4.69) is 14.9 Å². The lowest BCUT2D eigenvalue weighted by molar-refractivity contribution is 0.288. The molecule has 2 aromatic rings. The molecule has 18 heavy (non-hydrogen) atoms. The summed E-state index contributed by atoms with van der Waals surface area (Å²) in [4.78, 5) is 0. The summed E-state index contributed by atoms with van der Waals surface area (Å²) < 4.78 is 15.6. The monoisotopic (exact) mass is 249 g/mol. The maximum atomic E-state index is 5.65. The zero-order valence-electron chi connectivity index (χ0n) is 10.3. The summed E-state index contributed by atoms with van der Waals surface area (Å²) in [5.74, 6) is 1.60. The SMILES string of the molecule is CCOc1ccc(-c2nonc2N)cc1OCC. The Bertz CT molecular complexity index is 525. The second-order valence-corrected chi connectivity index (χ2v) is 3.53. The van der Waals surface area contributed by atoms with Gasteiger partial charge < -0.3 is 15.2 Å². The quantitative estimate of drug-likeness (QED) is 0.873. The van der Waals surface area contributed by atoms with E-state index in [1.165, 1.54) is 0 Å². The zero-order chi connectivity index (χ0) is 13.0. The summed E-state index contributed by atoms with van der Waals surface area (Å²) in [5.41, 5.74) is 6.93. The van der Waals surface area contributed by atoms with Crippen molar-refractivity contribution in [1.82, 2.24) is 10.3 Å². The molecular formula is C12H15N3O3. The summed E-state index contributed by atoms with van der Waals surface area (Å²) in [6.45, 7) is 4.96. The predicted molar refractivity (Wildman–Crippen MR) is 66.5 cm³/mol. The number of nitrogens with zero attached hydrogens (tertiary/aromatic N) is 2. The zero-order valence-corrected chi connectivity index (χ0v) is 10.3. The Morgan fingerprint density at radius 1 is 1.11 bits per heavy atom. The van der Waals surface area contributed by atoms with Gasteiger partial charge in [0, 0.05) is 5.56 Å². The van der Waals surface area contributed by atoms with E-state index in [1.807, 2.05) is 32.0 Å². The first kappa shape index (κ1) is 12.2. The Balaban J connectivity index is 2.39. The highest BCUT2D eigenvalue weighted by atomic mass is 16.6. The van der Waals surface area contributed by atoms with E-state index in [0.717, 1.165) is 5.56 Å². The lowest BCUT2D eigenvalue weighted by Gasteiger charge is -2.11. The Morgan fingerprint density at radius 3 is 2.44 bits per heavy atom. The molecule has 0 saturated heterocycles. The molecule has 0 fully saturated rings. The Hall–Kier alpha value is -2.24. The number of nitrogens with two attached hydrogens (primary N) is 1. The summed E-state index contributed by atoms with van der Waals surface area (Å²) in [6, 6.07) is 5.46. The van der Waals surface area contributed by atoms with Crippen molar-refractivity contribution in [2.75, 3.05) is 18.9 Å². The van der Waals surface area contributed by atoms with Crippen molar-refractivity contribution < 1.29 is 14.1 Å². The molecule has 2 rings (SSSR count). The van der Waals surface area contributed by atoms with E-state index in [0.29, 0.717) is 30.4 Å². The highest BCUT2D eigenvalue weighted by Gasteiger charge is 2.13. The van der Waals surface area contributed by atoms with Crippen molar-refractivity contribution >= 4 is 5.82 Å². The number of hydrogen-bond acceptors (Lipinski definition) is 6. The number of rotatable bonds is 5. The molecule has 1 aromatic carbocycles. The largest absolute Gasteiger partial charge is 0.490 e. The number of benzene rings is 1. The molecule has 2 N–H and O–H groups in total. The number of ether oxygens (including phenoxy) is 2. The standard InChI is InChI=1S/C12H15N3O3/c1-3-16-9-6-5-8(7-10(9)17-4-2)11-12(13)15-18-14-11/h5-7H,3-4H2,1-2H3,(H2,13,15). The van der Waals surface area contributed by atoms with Crippen LogP contribution in [-0.4, -0.2) is 23.5 Å². The van der Waals surface area contributed by atoms with Gasteiger partial charge in [-0.3, -0.25) is 0 Å². The summed E-state index contributed by atoms with van der Waals surface area (Å²) in [5, 5.41) is 7.30. The minimum absolute atomic E-state index is 0.251. The molecule has 0 spiro atoms. The maximum absolute atomic E-state index is 5.65. The second-order valence-electron chi connectivity index (χ2n) is 3.53. The van der Waals surface area contributed by atoms with Crippen LogP contribution in [0.15, 0.2) is 22.8 Å². The predicted octanol–water partition coefficient (Wildman–Crippen LogP) is 2.12. The minimum Gasteiger partial charge on any atom is -0.490 e. The van der Waals surface area contributed by atoms with Crippen LogP contribution in [0.1, 0.15) is 13.8 Å². The molecule has 6 heteroatoms. The van der Waals surface area contributed by atoms with Crippen LogP contribution in [0.5, 0.6) is 11.5 Å². The van der Waals surface area contributed by atoms with E-state index in [9.17, 15) is 0 Å². The normalized spacial score (nSPS) is 10.3.